The summed E-state index contributed by atoms with van der Waals surface area (Å²) >= 11 is 6.08. The van der Waals surface area contributed by atoms with Crippen molar-refractivity contribution in [3.05, 3.63) is 40.7 Å². The Kier molecular flexibility index (Phi) is 4.32. The molecule has 0 atom stereocenters. The van der Waals surface area contributed by atoms with Crippen LogP contribution in [0.1, 0.15) is 18.1 Å². The molecule has 19 heavy (non-hydrogen) atoms. The summed E-state index contributed by atoms with van der Waals surface area (Å²) in [7, 11) is 1.64. The first-order valence-corrected chi connectivity index (χ1v) is 6.61. The molecular formula is C14H18ClN3O. The third-order valence-electron chi connectivity index (χ3n) is 2.97. The van der Waals surface area contributed by atoms with E-state index in [0.29, 0.717) is 11.6 Å². The standard InChI is InChI=1S/C14H18ClN3O/c1-4-18-9-11(8-17-18)7-16-13-5-10(2)12(15)6-14(13)19-3/h5-6,8-9,16H,4,7H2,1-3H3. The van der Waals surface area contributed by atoms with E-state index < -0.39 is 0 Å². The number of nitrogens with zero attached hydrogens (tertiary/aromatic N) is 2. The third kappa shape index (κ3) is 3.20. The van der Waals surface area contributed by atoms with Gasteiger partial charge in [-0.3, -0.25) is 4.68 Å². The Morgan fingerprint density at radius 1 is 1.42 bits per heavy atom. The smallest absolute Gasteiger partial charge is 0.143 e. The molecule has 0 aliphatic heterocycles. The first kappa shape index (κ1) is 13.7. The van der Waals surface area contributed by atoms with Crippen LogP contribution in [0.2, 0.25) is 5.02 Å². The minimum atomic E-state index is 0.706. The van der Waals surface area contributed by atoms with Gasteiger partial charge in [-0.15, -0.1) is 0 Å². The van der Waals surface area contributed by atoms with Crippen molar-refractivity contribution in [2.24, 2.45) is 0 Å². The van der Waals surface area contributed by atoms with Crippen molar-refractivity contribution in [2.75, 3.05) is 12.4 Å². The highest BCUT2D eigenvalue weighted by molar-refractivity contribution is 6.31. The van der Waals surface area contributed by atoms with Crippen molar-refractivity contribution >= 4 is 17.3 Å². The predicted molar refractivity (Wildman–Crippen MR) is 78.0 cm³/mol. The van der Waals surface area contributed by atoms with E-state index in [2.05, 4.69) is 17.3 Å². The van der Waals surface area contributed by atoms with Crippen LogP contribution in [-0.2, 0) is 13.1 Å². The number of anilines is 1. The third-order valence-corrected chi connectivity index (χ3v) is 3.38. The molecule has 0 radical (unpaired) electrons. The van der Waals surface area contributed by atoms with Gasteiger partial charge in [-0.1, -0.05) is 11.6 Å². The lowest BCUT2D eigenvalue weighted by Gasteiger charge is -2.12. The van der Waals surface area contributed by atoms with Gasteiger partial charge < -0.3 is 10.1 Å². The van der Waals surface area contributed by atoms with Crippen molar-refractivity contribution in [3.8, 4) is 5.75 Å². The van der Waals surface area contributed by atoms with Crippen molar-refractivity contribution in [3.63, 3.8) is 0 Å². The van der Waals surface area contributed by atoms with Gasteiger partial charge in [0.1, 0.15) is 5.75 Å². The molecular weight excluding hydrogens is 262 g/mol. The maximum absolute atomic E-state index is 6.08. The zero-order chi connectivity index (χ0) is 13.8. The van der Waals surface area contributed by atoms with Crippen molar-refractivity contribution in [2.45, 2.75) is 26.9 Å². The molecule has 0 bridgehead atoms. The molecule has 4 nitrogen and oxygen atoms in total. The van der Waals surface area contributed by atoms with Crippen LogP contribution in [0.3, 0.4) is 0 Å². The van der Waals surface area contributed by atoms with Gasteiger partial charge >= 0.3 is 0 Å². The van der Waals surface area contributed by atoms with Crippen molar-refractivity contribution < 1.29 is 4.74 Å². The van der Waals surface area contributed by atoms with Gasteiger partial charge in [0.2, 0.25) is 0 Å². The summed E-state index contributed by atoms with van der Waals surface area (Å²) in [6, 6.07) is 3.82. The Morgan fingerprint density at radius 2 is 2.21 bits per heavy atom. The lowest BCUT2D eigenvalue weighted by atomic mass is 10.2. The Morgan fingerprint density at radius 3 is 2.84 bits per heavy atom. The van der Waals surface area contributed by atoms with E-state index in [1.54, 1.807) is 7.11 Å². The fraction of sp³-hybridized carbons (Fsp3) is 0.357. The fourth-order valence-corrected chi connectivity index (χ4v) is 1.99. The predicted octanol–water partition coefficient (Wildman–Crippen LogP) is 3.49. The monoisotopic (exact) mass is 279 g/mol. The largest absolute Gasteiger partial charge is 0.495 e. The van der Waals surface area contributed by atoms with Crippen LogP contribution in [0.5, 0.6) is 5.75 Å². The summed E-state index contributed by atoms with van der Waals surface area (Å²) < 4.78 is 7.23. The van der Waals surface area contributed by atoms with Crippen LogP contribution in [0.15, 0.2) is 24.5 Å². The van der Waals surface area contributed by atoms with Gasteiger partial charge in [-0.05, 0) is 25.5 Å². The van der Waals surface area contributed by atoms with E-state index in [1.165, 1.54) is 0 Å². The van der Waals surface area contributed by atoms with Crippen molar-refractivity contribution in [1.29, 1.82) is 0 Å². The average molecular weight is 280 g/mol. The molecule has 0 saturated carbocycles. The fourth-order valence-electron chi connectivity index (χ4n) is 1.84. The van der Waals surface area contributed by atoms with Crippen LogP contribution < -0.4 is 10.1 Å². The number of benzene rings is 1. The number of aryl methyl sites for hydroxylation is 2. The maximum Gasteiger partial charge on any atom is 0.143 e. The molecule has 0 aliphatic carbocycles. The van der Waals surface area contributed by atoms with E-state index in [0.717, 1.165) is 29.1 Å². The van der Waals surface area contributed by atoms with Crippen LogP contribution in [-0.4, -0.2) is 16.9 Å². The first-order chi connectivity index (χ1) is 9.13. The molecule has 0 amide bonds. The second-order valence-electron chi connectivity index (χ2n) is 4.36. The molecule has 1 heterocycles. The molecule has 2 aromatic rings. The Labute approximate surface area is 118 Å². The van der Waals surface area contributed by atoms with E-state index in [9.17, 15) is 0 Å². The second kappa shape index (κ2) is 5.97. The summed E-state index contributed by atoms with van der Waals surface area (Å²) in [5.74, 6) is 0.749. The molecule has 1 aromatic heterocycles. The summed E-state index contributed by atoms with van der Waals surface area (Å²) in [6.07, 6.45) is 3.90. The van der Waals surface area contributed by atoms with Crippen LogP contribution in [0, 0.1) is 6.92 Å². The molecule has 5 heteroatoms. The van der Waals surface area contributed by atoms with Crippen LogP contribution >= 0.6 is 11.6 Å². The molecule has 0 fully saturated rings. The Bertz CT molecular complexity index is 566. The van der Waals surface area contributed by atoms with Gasteiger partial charge in [0.05, 0.1) is 19.0 Å². The minimum Gasteiger partial charge on any atom is -0.495 e. The Hall–Kier alpha value is -1.68. The summed E-state index contributed by atoms with van der Waals surface area (Å²) in [5, 5.41) is 8.30. The molecule has 1 aromatic carbocycles. The van der Waals surface area contributed by atoms with Gasteiger partial charge in [0, 0.05) is 35.9 Å². The Balaban J connectivity index is 2.12. The zero-order valence-electron chi connectivity index (χ0n) is 11.4. The van der Waals surface area contributed by atoms with Crippen LogP contribution in [0.4, 0.5) is 5.69 Å². The van der Waals surface area contributed by atoms with Gasteiger partial charge in [-0.25, -0.2) is 0 Å². The number of ether oxygens (including phenoxy) is 1. The van der Waals surface area contributed by atoms with E-state index >= 15 is 0 Å². The molecule has 0 unspecified atom stereocenters. The van der Waals surface area contributed by atoms with Gasteiger partial charge in [0.15, 0.2) is 0 Å². The van der Waals surface area contributed by atoms with Crippen molar-refractivity contribution in [1.82, 2.24) is 9.78 Å². The lowest BCUT2D eigenvalue weighted by molar-refractivity contribution is 0.416. The van der Waals surface area contributed by atoms with Gasteiger partial charge in [0.25, 0.3) is 0 Å². The van der Waals surface area contributed by atoms with Gasteiger partial charge in [-0.2, -0.15) is 5.10 Å². The molecule has 0 saturated heterocycles. The summed E-state index contributed by atoms with van der Waals surface area (Å²) in [4.78, 5) is 0. The zero-order valence-corrected chi connectivity index (χ0v) is 12.2. The van der Waals surface area contributed by atoms with E-state index in [1.807, 2.05) is 36.1 Å². The molecule has 102 valence electrons. The van der Waals surface area contributed by atoms with E-state index in [-0.39, 0.29) is 0 Å². The number of nitrogens with one attached hydrogen (secondary N) is 1. The second-order valence-corrected chi connectivity index (χ2v) is 4.77. The highest BCUT2D eigenvalue weighted by Gasteiger charge is 2.07. The summed E-state index contributed by atoms with van der Waals surface area (Å²) in [6.45, 7) is 5.62. The number of halogens is 1. The van der Waals surface area contributed by atoms with Crippen LogP contribution in [0.25, 0.3) is 0 Å². The lowest BCUT2D eigenvalue weighted by Crippen LogP contribution is -2.01. The topological polar surface area (TPSA) is 39.1 Å². The number of aromatic nitrogens is 2. The number of hydrogen-bond acceptors (Lipinski definition) is 3. The normalized spacial score (nSPS) is 10.5. The quantitative estimate of drug-likeness (QED) is 0.911. The molecule has 0 aliphatic rings. The first-order valence-electron chi connectivity index (χ1n) is 6.23. The SMILES string of the molecule is CCn1cc(CNc2cc(C)c(Cl)cc2OC)cn1. The number of methoxy groups -OCH3 is 1. The van der Waals surface area contributed by atoms with E-state index in [4.69, 9.17) is 16.3 Å². The molecule has 0 spiro atoms. The minimum absolute atomic E-state index is 0.706. The molecule has 1 N–H and O–H groups in total. The molecule has 2 rings (SSSR count). The average Bonchev–Trinajstić information content (AvgIpc) is 2.87. The summed E-state index contributed by atoms with van der Waals surface area (Å²) in [5.41, 5.74) is 3.10. The highest BCUT2D eigenvalue weighted by atomic mass is 35.5. The highest BCUT2D eigenvalue weighted by Crippen LogP contribution is 2.31. The maximum atomic E-state index is 6.08. The number of hydrogen-bond donors (Lipinski definition) is 1. The number of rotatable bonds is 5.